The van der Waals surface area contributed by atoms with E-state index in [1.165, 1.54) is 0 Å². The van der Waals surface area contributed by atoms with Crippen LogP contribution in [0.15, 0.2) is 41.7 Å². The van der Waals surface area contributed by atoms with Gasteiger partial charge in [-0.1, -0.05) is 0 Å². The predicted molar refractivity (Wildman–Crippen MR) is 207 cm³/mol. The van der Waals surface area contributed by atoms with Crippen molar-refractivity contribution < 1.29 is 129 Å². The first-order chi connectivity index (χ1) is 31.5. The Labute approximate surface area is 368 Å². The first-order valence-corrected chi connectivity index (χ1v) is 18.8. The summed E-state index contributed by atoms with van der Waals surface area (Å²) in [4.78, 5) is 71.0. The minimum absolute atomic E-state index is 0.386. The van der Waals surface area contributed by atoms with Gasteiger partial charge in [0.1, 0.15) is 30.7 Å². The Morgan fingerprint density at radius 3 is 1.63 bits per heavy atom. The van der Waals surface area contributed by atoms with Crippen LogP contribution in [0.1, 0.15) is 58.7 Å². The second-order valence-electron chi connectivity index (χ2n) is 15.0. The molecule has 0 spiro atoms. The molecule has 350 valence electrons. The molecule has 67 heavy (non-hydrogen) atoms. The van der Waals surface area contributed by atoms with E-state index in [2.05, 4.69) is 0 Å². The van der Waals surface area contributed by atoms with Crippen LogP contribution in [0, 0.1) is 0 Å². The van der Waals surface area contributed by atoms with E-state index in [4.69, 9.17) is 23.7 Å². The second kappa shape index (κ2) is 15.6. The van der Waals surface area contributed by atoms with Gasteiger partial charge in [-0.3, -0.25) is 0 Å². The fraction of sp³-hybridized carbons (Fsp3) is 0.195. The maximum Gasteiger partial charge on any atom is 0.339 e. The number of rotatable bonds is 3. The highest BCUT2D eigenvalue weighted by atomic mass is 16.6. The molecular weight excluding hydrogens is 908 g/mol. The zero-order valence-electron chi connectivity index (χ0n) is 32.9. The van der Waals surface area contributed by atoms with Crippen LogP contribution in [0.4, 0.5) is 0 Å². The van der Waals surface area contributed by atoms with E-state index < -0.39 is 210 Å². The molecule has 9 rings (SSSR count). The summed E-state index contributed by atoms with van der Waals surface area (Å²) in [5.41, 5.74) is -10.7. The van der Waals surface area contributed by atoms with Crippen molar-refractivity contribution in [3.63, 3.8) is 0 Å². The van der Waals surface area contributed by atoms with Gasteiger partial charge in [-0.15, -0.1) is 0 Å². The fourth-order valence-corrected chi connectivity index (χ4v) is 7.92. The van der Waals surface area contributed by atoms with E-state index in [1.807, 2.05) is 0 Å². The molecule has 16 N–H and O–H groups in total. The van der Waals surface area contributed by atoms with Gasteiger partial charge in [0.05, 0.1) is 27.8 Å². The van der Waals surface area contributed by atoms with Crippen molar-refractivity contribution in [2.24, 2.45) is 0 Å². The molecule has 4 bridgehead atoms. The molecule has 4 aromatic rings. The normalized spacial score (nSPS) is 23.5. The van der Waals surface area contributed by atoms with Crippen molar-refractivity contribution in [1.29, 1.82) is 0 Å². The minimum atomic E-state index is -2.78. The number of aromatic hydroxyl groups is 12. The van der Waals surface area contributed by atoms with Crippen LogP contribution in [0.2, 0.25) is 0 Å². The highest BCUT2D eigenvalue weighted by Crippen LogP contribution is 2.58. The van der Waals surface area contributed by atoms with Crippen molar-refractivity contribution in [2.75, 3.05) is 6.61 Å². The van der Waals surface area contributed by atoms with Crippen LogP contribution in [0.25, 0.3) is 16.7 Å². The minimum Gasteiger partial charge on any atom is -0.509 e. The topological polar surface area (TPSA) is 455 Å². The maximum absolute atomic E-state index is 14.6. The smallest absolute Gasteiger partial charge is 0.339 e. The molecule has 0 saturated heterocycles. The molecule has 4 aliphatic heterocycles. The molecule has 3 unspecified atom stereocenters. The fourth-order valence-electron chi connectivity index (χ4n) is 7.92. The third-order valence-corrected chi connectivity index (χ3v) is 11.1. The number of hydrogen-bond donors (Lipinski definition) is 16. The molecule has 4 aromatic carbocycles. The van der Waals surface area contributed by atoms with Gasteiger partial charge in [0.15, 0.2) is 76.2 Å². The van der Waals surface area contributed by atoms with Crippen LogP contribution < -0.4 is 0 Å². The largest absolute Gasteiger partial charge is 0.509 e. The summed E-state index contributed by atoms with van der Waals surface area (Å²) in [5, 5.41) is 172. The molecular formula is C41H30O26. The first kappa shape index (κ1) is 44.6. The monoisotopic (exact) mass is 938 g/mol. The number of cyclic esters (lactones) is 2. The zero-order chi connectivity index (χ0) is 49.0. The van der Waals surface area contributed by atoms with Gasteiger partial charge in [0, 0.05) is 27.8 Å². The maximum atomic E-state index is 14.6. The Bertz CT molecular complexity index is 2960. The van der Waals surface area contributed by atoms with Crippen LogP contribution >= 0.6 is 0 Å². The van der Waals surface area contributed by atoms with Crippen molar-refractivity contribution in [2.45, 2.75) is 42.7 Å². The number of carbonyl (C=O) groups excluding carboxylic acids is 5. The molecule has 0 saturated carbocycles. The summed E-state index contributed by atoms with van der Waals surface area (Å²) >= 11 is 0. The van der Waals surface area contributed by atoms with Gasteiger partial charge in [-0.25, -0.2) is 24.0 Å². The molecule has 26 heteroatoms. The molecule has 0 radical (unpaired) electrons. The van der Waals surface area contributed by atoms with E-state index >= 15 is 0 Å². The Kier molecular flexibility index (Phi) is 10.4. The number of fused-ring (bicyclic) bond motifs is 5. The molecule has 4 heterocycles. The van der Waals surface area contributed by atoms with E-state index in [9.17, 15) is 106 Å². The third kappa shape index (κ3) is 6.73. The summed E-state index contributed by atoms with van der Waals surface area (Å²) in [7, 11) is 0. The Morgan fingerprint density at radius 2 is 1.01 bits per heavy atom. The van der Waals surface area contributed by atoms with E-state index in [-0.39, 0.29) is 0 Å². The first-order valence-electron chi connectivity index (χ1n) is 18.8. The molecule has 7 atom stereocenters. The Balaban J connectivity index is 1.41. The van der Waals surface area contributed by atoms with Crippen molar-refractivity contribution in [1.82, 2.24) is 0 Å². The molecule has 26 nitrogen and oxygen atoms in total. The predicted octanol–water partition coefficient (Wildman–Crippen LogP) is -0.129. The number of carbonyl (C=O) groups is 5. The van der Waals surface area contributed by atoms with Gasteiger partial charge in [0.2, 0.25) is 17.2 Å². The summed E-state index contributed by atoms with van der Waals surface area (Å²) in [5.74, 6) is -26.3. The van der Waals surface area contributed by atoms with E-state index in [0.717, 1.165) is 0 Å². The van der Waals surface area contributed by atoms with Crippen molar-refractivity contribution in [3.8, 4) is 80.1 Å². The molecule has 0 amide bonds. The van der Waals surface area contributed by atoms with Crippen LogP contribution in [0.3, 0.4) is 0 Å². The number of hydrogen-bond acceptors (Lipinski definition) is 26. The quantitative estimate of drug-likeness (QED) is 0.0722. The highest BCUT2D eigenvalue weighted by molar-refractivity contribution is 6.11. The number of esters is 5. The summed E-state index contributed by atoms with van der Waals surface area (Å²) in [6, 6.07) is 1.86. The SMILES string of the molecule is O=C1O[C@@H]([C@@H]2OC(=O)c3cc(O)c(O)c(O)c3-c3c(O)c(O)c(O)c4c3C(=O)O[C@H]2C4O)[C@H](OC(=O)c2cc(O)c(O)c(O)c2)COC(=O)c2cc(O)c(O)c(O)c2C2=C1C=C(O)C(O)C2O. The number of phenolic OH excluding ortho intramolecular Hbond substituents is 12. The number of aliphatic hydroxyl groups excluding tert-OH is 4. The van der Waals surface area contributed by atoms with Gasteiger partial charge >= 0.3 is 29.8 Å². The Morgan fingerprint density at radius 1 is 0.493 bits per heavy atom. The van der Waals surface area contributed by atoms with Gasteiger partial charge in [-0.2, -0.15) is 0 Å². The van der Waals surface area contributed by atoms with E-state index in [0.29, 0.717) is 30.3 Å². The lowest BCUT2D eigenvalue weighted by Crippen LogP contribution is -2.56. The summed E-state index contributed by atoms with van der Waals surface area (Å²) in [6.45, 7) is -1.49. The van der Waals surface area contributed by atoms with Crippen LogP contribution in [-0.2, 0) is 28.5 Å². The van der Waals surface area contributed by atoms with Crippen LogP contribution in [0.5, 0.6) is 69.0 Å². The zero-order valence-corrected chi connectivity index (χ0v) is 32.9. The van der Waals surface area contributed by atoms with Crippen LogP contribution in [-0.4, -0.2) is 155 Å². The van der Waals surface area contributed by atoms with Gasteiger partial charge in [-0.05, 0) is 30.3 Å². The molecule has 0 fully saturated rings. The lowest BCUT2D eigenvalue weighted by Gasteiger charge is -2.41. The highest BCUT2D eigenvalue weighted by Gasteiger charge is 2.54. The second-order valence-corrected chi connectivity index (χ2v) is 15.0. The number of benzene rings is 4. The average molecular weight is 939 g/mol. The van der Waals surface area contributed by atoms with Gasteiger partial charge in [0.25, 0.3) is 0 Å². The van der Waals surface area contributed by atoms with E-state index in [1.54, 1.807) is 0 Å². The average Bonchev–Trinajstić information content (AvgIpc) is 3.29. The lowest BCUT2D eigenvalue weighted by atomic mass is 9.82. The van der Waals surface area contributed by atoms with Crippen molar-refractivity contribution >= 4 is 35.4 Å². The summed E-state index contributed by atoms with van der Waals surface area (Å²) in [6.07, 6.45) is -17.9. The number of phenols is 12. The third-order valence-electron chi connectivity index (χ3n) is 11.1. The molecule has 0 aromatic heterocycles. The number of aliphatic hydroxyl groups is 4. The molecule has 1 aliphatic carbocycles. The summed E-state index contributed by atoms with van der Waals surface area (Å²) < 4.78 is 27.6. The standard InChI is InChI=1S/C41H30O26/c42-11-1-7(2-12(43)23(11)47)37(58)64-16-6-63-38(59)8-3-13(44)24(48)27(51)17(8)18-9(4-14(45)25(49)28(18)52)39(60)65-34(16)36-35-32(56)22-21(41(62)66-35)20(30(54)33(57)31(22)55)19-10(40(61)67-36)5-15(46)26(50)29(19)53/h1-5,16,25,28,32,34-36,42-57H,6H2/t16-,25?,28?,32?,34-,35+,36+/m1/s1. The lowest BCUT2D eigenvalue weighted by molar-refractivity contribution is -0.181. The number of ether oxygens (including phenoxy) is 5. The Hall–Kier alpha value is -9.01. The molecule has 5 aliphatic rings. The van der Waals surface area contributed by atoms with Gasteiger partial charge < -0.3 is 105 Å². The van der Waals surface area contributed by atoms with Crippen molar-refractivity contribution in [3.05, 3.63) is 75.1 Å².